The van der Waals surface area contributed by atoms with Crippen molar-refractivity contribution in [3.63, 3.8) is 0 Å². The van der Waals surface area contributed by atoms with Gasteiger partial charge in [0, 0.05) is 25.2 Å². The SMILES string of the molecule is O=C(NCc1ccccc1CN1CCCC1CO)NC1C=CCCC1. The van der Waals surface area contributed by atoms with E-state index in [-0.39, 0.29) is 24.7 Å². The Bertz CT molecular complexity index is 602. The number of hydrogen-bond acceptors (Lipinski definition) is 3. The number of aliphatic hydroxyl groups excluding tert-OH is 1. The Morgan fingerprint density at radius 1 is 1.20 bits per heavy atom. The second-order valence-corrected chi connectivity index (χ2v) is 7.01. The van der Waals surface area contributed by atoms with Gasteiger partial charge >= 0.3 is 6.03 Å². The molecule has 0 radical (unpaired) electrons. The van der Waals surface area contributed by atoms with Crippen molar-refractivity contribution in [1.29, 1.82) is 0 Å². The highest BCUT2D eigenvalue weighted by molar-refractivity contribution is 5.74. The van der Waals surface area contributed by atoms with Crippen molar-refractivity contribution in [2.75, 3.05) is 13.2 Å². The molecular formula is C20H29N3O2. The minimum absolute atomic E-state index is 0.110. The number of carbonyl (C=O) groups excluding carboxylic acids is 1. The van der Waals surface area contributed by atoms with Gasteiger partial charge in [-0.25, -0.2) is 4.79 Å². The molecule has 3 rings (SSSR count). The van der Waals surface area contributed by atoms with Gasteiger partial charge in [0.2, 0.25) is 0 Å². The molecule has 2 atom stereocenters. The number of likely N-dealkylation sites (tertiary alicyclic amines) is 1. The molecule has 1 heterocycles. The molecule has 1 aromatic rings. The topological polar surface area (TPSA) is 64.6 Å². The first-order valence-electron chi connectivity index (χ1n) is 9.39. The number of amides is 2. The second kappa shape index (κ2) is 9.02. The summed E-state index contributed by atoms with van der Waals surface area (Å²) in [6, 6.07) is 8.54. The number of urea groups is 1. The van der Waals surface area contributed by atoms with Gasteiger partial charge in [0.15, 0.2) is 0 Å². The second-order valence-electron chi connectivity index (χ2n) is 7.01. The summed E-state index contributed by atoms with van der Waals surface area (Å²) in [4.78, 5) is 14.5. The summed E-state index contributed by atoms with van der Waals surface area (Å²) in [6.45, 7) is 2.60. The third-order valence-corrected chi connectivity index (χ3v) is 5.21. The molecule has 1 aliphatic heterocycles. The van der Waals surface area contributed by atoms with E-state index in [1.54, 1.807) is 0 Å². The number of benzene rings is 1. The van der Waals surface area contributed by atoms with Gasteiger partial charge in [-0.3, -0.25) is 4.90 Å². The Labute approximate surface area is 150 Å². The molecule has 1 fully saturated rings. The van der Waals surface area contributed by atoms with E-state index in [2.05, 4.69) is 39.8 Å². The lowest BCUT2D eigenvalue weighted by Crippen LogP contribution is -2.41. The van der Waals surface area contributed by atoms with E-state index in [9.17, 15) is 9.90 Å². The Morgan fingerprint density at radius 2 is 2.04 bits per heavy atom. The van der Waals surface area contributed by atoms with Crippen LogP contribution in [0.1, 0.15) is 43.2 Å². The molecule has 1 aromatic carbocycles. The van der Waals surface area contributed by atoms with Crippen LogP contribution in [0.25, 0.3) is 0 Å². The zero-order valence-electron chi connectivity index (χ0n) is 14.8. The zero-order chi connectivity index (χ0) is 17.5. The van der Waals surface area contributed by atoms with Crippen molar-refractivity contribution < 1.29 is 9.90 Å². The molecule has 25 heavy (non-hydrogen) atoms. The van der Waals surface area contributed by atoms with E-state index in [0.29, 0.717) is 6.54 Å². The van der Waals surface area contributed by atoms with Crippen molar-refractivity contribution >= 4 is 6.03 Å². The standard InChI is InChI=1S/C20H29N3O2/c24-15-19-11-6-12-23(19)14-17-8-5-4-7-16(17)13-21-20(25)22-18-9-2-1-3-10-18/h2,4-5,7-9,18-19,24H,1,3,6,10-15H2,(H2,21,22,25). The van der Waals surface area contributed by atoms with Crippen LogP contribution in [0, 0.1) is 0 Å². The summed E-state index contributed by atoms with van der Waals surface area (Å²) in [6.07, 6.45) is 9.68. The van der Waals surface area contributed by atoms with Crippen LogP contribution in [-0.2, 0) is 13.1 Å². The van der Waals surface area contributed by atoms with Crippen LogP contribution in [0.15, 0.2) is 36.4 Å². The molecule has 5 heteroatoms. The molecule has 136 valence electrons. The summed E-state index contributed by atoms with van der Waals surface area (Å²) >= 11 is 0. The Kier molecular flexibility index (Phi) is 6.48. The van der Waals surface area contributed by atoms with Crippen molar-refractivity contribution in [3.05, 3.63) is 47.5 Å². The van der Waals surface area contributed by atoms with Crippen LogP contribution in [0.3, 0.4) is 0 Å². The lowest BCUT2D eigenvalue weighted by atomic mass is 10.0. The van der Waals surface area contributed by atoms with Crippen LogP contribution in [0.4, 0.5) is 4.79 Å². The minimum Gasteiger partial charge on any atom is -0.395 e. The van der Waals surface area contributed by atoms with Gasteiger partial charge in [-0.05, 0) is 49.8 Å². The lowest BCUT2D eigenvalue weighted by Gasteiger charge is -2.24. The number of rotatable bonds is 6. The maximum atomic E-state index is 12.1. The summed E-state index contributed by atoms with van der Waals surface area (Å²) < 4.78 is 0. The Balaban J connectivity index is 1.54. The number of hydrogen-bond donors (Lipinski definition) is 3. The fourth-order valence-electron chi connectivity index (χ4n) is 3.74. The number of nitrogens with one attached hydrogen (secondary N) is 2. The average molecular weight is 343 g/mol. The Hall–Kier alpha value is -1.85. The molecule has 0 bridgehead atoms. The normalized spacial score (nSPS) is 23.6. The molecule has 5 nitrogen and oxygen atoms in total. The highest BCUT2D eigenvalue weighted by Crippen LogP contribution is 2.21. The van der Waals surface area contributed by atoms with E-state index < -0.39 is 0 Å². The van der Waals surface area contributed by atoms with E-state index in [1.165, 1.54) is 5.56 Å². The van der Waals surface area contributed by atoms with Crippen LogP contribution < -0.4 is 10.6 Å². The number of allylic oxidation sites excluding steroid dienone is 1. The zero-order valence-corrected chi connectivity index (χ0v) is 14.8. The molecule has 0 saturated carbocycles. The van der Waals surface area contributed by atoms with Crippen molar-refractivity contribution in [2.45, 2.75) is 57.3 Å². The molecule has 1 aliphatic carbocycles. The number of carbonyl (C=O) groups is 1. The van der Waals surface area contributed by atoms with Gasteiger partial charge in [0.25, 0.3) is 0 Å². The van der Waals surface area contributed by atoms with E-state index in [0.717, 1.165) is 50.8 Å². The first kappa shape index (κ1) is 18.0. The van der Waals surface area contributed by atoms with Gasteiger partial charge in [-0.1, -0.05) is 36.4 Å². The molecule has 1 saturated heterocycles. The smallest absolute Gasteiger partial charge is 0.315 e. The quantitative estimate of drug-likeness (QED) is 0.696. The van der Waals surface area contributed by atoms with E-state index in [4.69, 9.17) is 0 Å². The van der Waals surface area contributed by atoms with Gasteiger partial charge < -0.3 is 15.7 Å². The largest absolute Gasteiger partial charge is 0.395 e. The highest BCUT2D eigenvalue weighted by Gasteiger charge is 2.24. The minimum atomic E-state index is -0.110. The summed E-state index contributed by atoms with van der Waals surface area (Å²) in [5.74, 6) is 0. The van der Waals surface area contributed by atoms with Crippen molar-refractivity contribution in [1.82, 2.24) is 15.5 Å². The summed E-state index contributed by atoms with van der Waals surface area (Å²) in [5, 5.41) is 15.5. The fourth-order valence-corrected chi connectivity index (χ4v) is 3.74. The maximum Gasteiger partial charge on any atom is 0.315 e. The van der Waals surface area contributed by atoms with Gasteiger partial charge in [0.05, 0.1) is 6.61 Å². The van der Waals surface area contributed by atoms with Crippen molar-refractivity contribution in [3.8, 4) is 0 Å². The Morgan fingerprint density at radius 3 is 2.80 bits per heavy atom. The predicted molar refractivity (Wildman–Crippen MR) is 99.1 cm³/mol. The van der Waals surface area contributed by atoms with Crippen molar-refractivity contribution in [2.24, 2.45) is 0 Å². The van der Waals surface area contributed by atoms with Crippen LogP contribution in [-0.4, -0.2) is 41.3 Å². The first-order chi connectivity index (χ1) is 12.3. The summed E-state index contributed by atoms with van der Waals surface area (Å²) in [5.41, 5.74) is 2.36. The van der Waals surface area contributed by atoms with Gasteiger partial charge in [0.1, 0.15) is 0 Å². The van der Waals surface area contributed by atoms with E-state index >= 15 is 0 Å². The monoisotopic (exact) mass is 343 g/mol. The number of aliphatic hydroxyl groups is 1. The molecular weight excluding hydrogens is 314 g/mol. The molecule has 2 amide bonds. The van der Waals surface area contributed by atoms with Crippen LogP contribution >= 0.6 is 0 Å². The average Bonchev–Trinajstić information content (AvgIpc) is 3.09. The van der Waals surface area contributed by atoms with Gasteiger partial charge in [-0.15, -0.1) is 0 Å². The fraction of sp³-hybridized carbons (Fsp3) is 0.550. The third-order valence-electron chi connectivity index (χ3n) is 5.21. The molecule has 2 unspecified atom stereocenters. The van der Waals surface area contributed by atoms with Crippen LogP contribution in [0.2, 0.25) is 0 Å². The molecule has 2 aliphatic rings. The van der Waals surface area contributed by atoms with E-state index in [1.807, 2.05) is 12.1 Å². The maximum absolute atomic E-state index is 12.1. The molecule has 0 aromatic heterocycles. The highest BCUT2D eigenvalue weighted by atomic mass is 16.3. The molecule has 0 spiro atoms. The summed E-state index contributed by atoms with van der Waals surface area (Å²) in [7, 11) is 0. The number of nitrogens with zero attached hydrogens (tertiary/aromatic N) is 1. The predicted octanol–water partition coefficient (Wildman–Crippen LogP) is 2.55. The van der Waals surface area contributed by atoms with Gasteiger partial charge in [-0.2, -0.15) is 0 Å². The first-order valence-corrected chi connectivity index (χ1v) is 9.39. The third kappa shape index (κ3) is 5.06. The lowest BCUT2D eigenvalue weighted by molar-refractivity contribution is 0.153. The molecule has 3 N–H and O–H groups in total. The van der Waals surface area contributed by atoms with Crippen LogP contribution in [0.5, 0.6) is 0 Å².